The lowest BCUT2D eigenvalue weighted by Gasteiger charge is -2.17. The summed E-state index contributed by atoms with van der Waals surface area (Å²) in [5.41, 5.74) is 6.65. The fourth-order valence-corrected chi connectivity index (χ4v) is 7.66. The van der Waals surface area contributed by atoms with Gasteiger partial charge in [-0.1, -0.05) is 140 Å². The Morgan fingerprint density at radius 1 is 0.267 bits per heavy atom. The van der Waals surface area contributed by atoms with Crippen molar-refractivity contribution in [2.75, 3.05) is 0 Å². The van der Waals surface area contributed by atoms with E-state index in [0.29, 0.717) is 0 Å². The third kappa shape index (κ3) is 3.50. The predicted octanol–water partition coefficient (Wildman–Crippen LogP) is 12.7. The molecule has 0 N–H and O–H groups in total. The third-order valence-electron chi connectivity index (χ3n) is 9.64. The van der Waals surface area contributed by atoms with Crippen LogP contribution in [0, 0.1) is 0 Å². The molecule has 0 atom stereocenters. The highest BCUT2D eigenvalue weighted by Crippen LogP contribution is 2.45. The molecule has 1 nitrogen and oxygen atoms in total. The molecule has 0 aliphatic carbocycles. The first-order valence-electron chi connectivity index (χ1n) is 15.5. The lowest BCUT2D eigenvalue weighted by atomic mass is 9.86. The molecule has 208 valence electrons. The molecule has 0 amide bonds. The lowest BCUT2D eigenvalue weighted by molar-refractivity contribution is 0.669. The molecule has 0 radical (unpaired) electrons. The maximum atomic E-state index is 6.16. The second-order valence-corrected chi connectivity index (χ2v) is 12.0. The number of hydrogen-bond acceptors (Lipinski definition) is 1. The van der Waals surface area contributed by atoms with Crippen LogP contribution in [0.5, 0.6) is 0 Å². The van der Waals surface area contributed by atoms with Gasteiger partial charge >= 0.3 is 0 Å². The molecule has 0 bridgehead atoms. The van der Waals surface area contributed by atoms with Gasteiger partial charge in [0.1, 0.15) is 11.2 Å². The van der Waals surface area contributed by atoms with Crippen LogP contribution in [0.15, 0.2) is 162 Å². The summed E-state index contributed by atoms with van der Waals surface area (Å²) in [6, 6.07) is 57.3. The van der Waals surface area contributed by atoms with Crippen molar-refractivity contribution in [3.63, 3.8) is 0 Å². The molecule has 1 aromatic heterocycles. The molecule has 45 heavy (non-hydrogen) atoms. The van der Waals surface area contributed by atoms with E-state index in [9.17, 15) is 0 Å². The first-order valence-corrected chi connectivity index (χ1v) is 15.5. The van der Waals surface area contributed by atoms with Crippen molar-refractivity contribution >= 4 is 75.8 Å². The highest BCUT2D eigenvalue weighted by atomic mass is 16.3. The minimum atomic E-state index is 0.923. The predicted molar refractivity (Wildman–Crippen MR) is 192 cm³/mol. The number of rotatable bonds is 2. The van der Waals surface area contributed by atoms with Crippen LogP contribution < -0.4 is 0 Å². The minimum Gasteiger partial charge on any atom is -0.456 e. The minimum absolute atomic E-state index is 0.923. The Labute approximate surface area is 259 Å². The quantitative estimate of drug-likeness (QED) is 0.188. The molecule has 10 aromatic rings. The van der Waals surface area contributed by atoms with Gasteiger partial charge in [0.15, 0.2) is 0 Å². The average Bonchev–Trinajstić information content (AvgIpc) is 3.50. The Morgan fingerprint density at radius 2 is 0.733 bits per heavy atom. The van der Waals surface area contributed by atoms with E-state index < -0.39 is 0 Å². The van der Waals surface area contributed by atoms with E-state index in [1.54, 1.807) is 0 Å². The van der Waals surface area contributed by atoms with Crippen molar-refractivity contribution < 1.29 is 4.42 Å². The maximum absolute atomic E-state index is 6.16. The second-order valence-electron chi connectivity index (χ2n) is 12.0. The zero-order valence-corrected chi connectivity index (χ0v) is 24.4. The van der Waals surface area contributed by atoms with Gasteiger partial charge in [-0.2, -0.15) is 0 Å². The number of hydrogen-bond donors (Lipinski definition) is 0. The second kappa shape index (κ2) is 9.29. The molecule has 0 spiro atoms. The van der Waals surface area contributed by atoms with Crippen molar-refractivity contribution in [2.24, 2.45) is 0 Å². The van der Waals surface area contributed by atoms with Crippen molar-refractivity contribution in [3.8, 4) is 22.3 Å². The summed E-state index contributed by atoms with van der Waals surface area (Å²) in [4.78, 5) is 0. The molecule has 10 rings (SSSR count). The van der Waals surface area contributed by atoms with Gasteiger partial charge in [0.25, 0.3) is 0 Å². The molecule has 0 fully saturated rings. The summed E-state index contributed by atoms with van der Waals surface area (Å²) in [5.74, 6) is 0. The van der Waals surface area contributed by atoms with Crippen LogP contribution in [0.4, 0.5) is 0 Å². The van der Waals surface area contributed by atoms with Gasteiger partial charge in [0.2, 0.25) is 0 Å². The number of para-hydroxylation sites is 1. The number of benzene rings is 9. The number of fused-ring (bicyclic) bond motifs is 14. The Hall–Kier alpha value is -5.92. The van der Waals surface area contributed by atoms with E-state index in [0.717, 1.165) is 16.6 Å². The average molecular weight is 571 g/mol. The molecule has 1 heterocycles. The van der Waals surface area contributed by atoms with E-state index in [1.165, 1.54) is 81.5 Å². The molecule has 0 aliphatic rings. The summed E-state index contributed by atoms with van der Waals surface area (Å²) in [5, 5.41) is 15.4. The summed E-state index contributed by atoms with van der Waals surface area (Å²) >= 11 is 0. The van der Waals surface area contributed by atoms with Crippen molar-refractivity contribution in [1.29, 1.82) is 0 Å². The van der Waals surface area contributed by atoms with Gasteiger partial charge < -0.3 is 4.42 Å². The van der Waals surface area contributed by atoms with Crippen LogP contribution in [0.25, 0.3) is 98.1 Å². The first-order chi connectivity index (χ1) is 22.3. The fraction of sp³-hybridized carbons (Fsp3) is 0. The van der Waals surface area contributed by atoms with Crippen LogP contribution in [0.1, 0.15) is 0 Å². The summed E-state index contributed by atoms with van der Waals surface area (Å²) in [7, 11) is 0. The molecular weight excluding hydrogens is 544 g/mol. The van der Waals surface area contributed by atoms with E-state index in [4.69, 9.17) is 4.42 Å². The van der Waals surface area contributed by atoms with Crippen molar-refractivity contribution in [3.05, 3.63) is 158 Å². The monoisotopic (exact) mass is 570 g/mol. The highest BCUT2D eigenvalue weighted by Gasteiger charge is 2.17. The lowest BCUT2D eigenvalue weighted by Crippen LogP contribution is -1.89. The molecule has 0 saturated carbocycles. The van der Waals surface area contributed by atoms with Crippen LogP contribution in [0.2, 0.25) is 0 Å². The Morgan fingerprint density at radius 3 is 1.38 bits per heavy atom. The van der Waals surface area contributed by atoms with Crippen LogP contribution in [-0.2, 0) is 0 Å². The Kier molecular flexibility index (Phi) is 5.06. The van der Waals surface area contributed by atoms with Gasteiger partial charge in [-0.25, -0.2) is 0 Å². The largest absolute Gasteiger partial charge is 0.456 e. The topological polar surface area (TPSA) is 13.1 Å². The number of furan rings is 1. The molecule has 0 unspecified atom stereocenters. The fourth-order valence-electron chi connectivity index (χ4n) is 7.66. The first kappa shape index (κ1) is 24.5. The van der Waals surface area contributed by atoms with Crippen LogP contribution in [-0.4, -0.2) is 0 Å². The van der Waals surface area contributed by atoms with Crippen LogP contribution in [0.3, 0.4) is 0 Å². The molecule has 0 saturated heterocycles. The summed E-state index contributed by atoms with van der Waals surface area (Å²) in [6.45, 7) is 0. The smallest absolute Gasteiger partial charge is 0.136 e. The Balaban J connectivity index is 1.20. The van der Waals surface area contributed by atoms with Gasteiger partial charge in [-0.05, 0) is 94.3 Å². The zero-order chi connectivity index (χ0) is 29.5. The maximum Gasteiger partial charge on any atom is 0.136 e. The van der Waals surface area contributed by atoms with Crippen LogP contribution >= 0.6 is 0 Å². The van der Waals surface area contributed by atoms with Gasteiger partial charge in [-0.15, -0.1) is 0 Å². The van der Waals surface area contributed by atoms with Crippen molar-refractivity contribution in [1.82, 2.24) is 0 Å². The van der Waals surface area contributed by atoms with E-state index >= 15 is 0 Å². The molecule has 0 aliphatic heterocycles. The van der Waals surface area contributed by atoms with Gasteiger partial charge in [-0.3, -0.25) is 0 Å². The third-order valence-corrected chi connectivity index (χ3v) is 9.64. The standard InChI is InChI=1S/C44H26O/c1-4-13-34-31(10-1)32-11-2-5-14-35(32)44-37-25-24-29(26-39(37)33-12-3-6-15-36(33)43(34)44)27-20-22-28(23-21-27)30-17-9-19-41-42(30)38-16-7-8-18-40(38)45-41/h1-26H. The Bertz CT molecular complexity index is 2800. The van der Waals surface area contributed by atoms with E-state index in [2.05, 4.69) is 146 Å². The normalized spacial score (nSPS) is 12.0. The molecule has 1 heteroatoms. The SMILES string of the molecule is c1ccc2c(c1)oc1cccc(-c3ccc(-c4ccc5c(c4)c4ccccc4c4c6ccccc6c6ccccc6c54)cc3)c12. The van der Waals surface area contributed by atoms with E-state index in [-0.39, 0.29) is 0 Å². The molecule has 9 aromatic carbocycles. The zero-order valence-electron chi connectivity index (χ0n) is 24.4. The van der Waals surface area contributed by atoms with Gasteiger partial charge in [0, 0.05) is 10.8 Å². The van der Waals surface area contributed by atoms with E-state index in [1.807, 2.05) is 12.1 Å². The summed E-state index contributed by atoms with van der Waals surface area (Å²) < 4.78 is 6.16. The van der Waals surface area contributed by atoms with Gasteiger partial charge in [0.05, 0.1) is 0 Å². The molecular formula is C44H26O. The summed E-state index contributed by atoms with van der Waals surface area (Å²) in [6.07, 6.45) is 0. The highest BCUT2D eigenvalue weighted by molar-refractivity contribution is 6.39. The van der Waals surface area contributed by atoms with Crippen molar-refractivity contribution in [2.45, 2.75) is 0 Å².